The Morgan fingerprint density at radius 1 is 1.56 bits per heavy atom. The Kier molecular flexibility index (Phi) is 2.49. The molecule has 0 amide bonds. The lowest BCUT2D eigenvalue weighted by atomic mass is 10.2. The third kappa shape index (κ3) is 1.49. The lowest BCUT2D eigenvalue weighted by molar-refractivity contribution is 0.469. The summed E-state index contributed by atoms with van der Waals surface area (Å²) >= 11 is 0. The summed E-state index contributed by atoms with van der Waals surface area (Å²) in [7, 11) is 1.52. The van der Waals surface area contributed by atoms with Gasteiger partial charge in [0.25, 0.3) is 0 Å². The van der Waals surface area contributed by atoms with Gasteiger partial charge >= 0.3 is 5.63 Å². The van der Waals surface area contributed by atoms with Crippen molar-refractivity contribution in [2.45, 2.75) is 6.54 Å². The first-order chi connectivity index (χ1) is 7.67. The number of nitrogens with zero attached hydrogens (tertiary/aromatic N) is 1. The van der Waals surface area contributed by atoms with Crippen LogP contribution >= 0.6 is 0 Å². The molecule has 2 aromatic rings. The molecule has 0 bridgehead atoms. The summed E-state index contributed by atoms with van der Waals surface area (Å²) in [4.78, 5) is 15.5. The number of hydrogen-bond acceptors (Lipinski definition) is 6. The van der Waals surface area contributed by atoms with E-state index in [1.165, 1.54) is 7.05 Å². The molecule has 0 aliphatic heterocycles. The van der Waals surface area contributed by atoms with Crippen LogP contribution in [0, 0.1) is 0 Å². The van der Waals surface area contributed by atoms with E-state index in [9.17, 15) is 9.90 Å². The van der Waals surface area contributed by atoms with Gasteiger partial charge in [-0.05, 0) is 12.1 Å². The highest BCUT2D eigenvalue weighted by atomic mass is 16.4. The van der Waals surface area contributed by atoms with Crippen LogP contribution in [-0.2, 0) is 6.54 Å². The number of aromatic hydroxyl groups is 1. The maximum Gasteiger partial charge on any atom is 0.363 e. The van der Waals surface area contributed by atoms with Gasteiger partial charge < -0.3 is 20.6 Å². The predicted molar refractivity (Wildman–Crippen MR) is 59.4 cm³/mol. The topological polar surface area (TPSA) is 101 Å². The van der Waals surface area contributed by atoms with Crippen LogP contribution in [0.5, 0.6) is 5.75 Å². The largest absolute Gasteiger partial charge is 0.504 e. The van der Waals surface area contributed by atoms with E-state index >= 15 is 0 Å². The monoisotopic (exact) mass is 221 g/mol. The summed E-state index contributed by atoms with van der Waals surface area (Å²) in [6.07, 6.45) is 0. The van der Waals surface area contributed by atoms with Crippen molar-refractivity contribution in [3.8, 4) is 5.75 Å². The zero-order valence-corrected chi connectivity index (χ0v) is 8.65. The standard InChI is InChI=1S/C10H11N3O3/c1-12-8-9(14)7-6(16-10(8)15)3-2-5(4-11)13-7/h2-3,12,14H,4,11H2,1H3. The SMILES string of the molecule is CNc1c(O)c2nc(CN)ccc2oc1=O. The minimum atomic E-state index is -0.630. The zero-order valence-electron chi connectivity index (χ0n) is 8.65. The number of aromatic nitrogens is 1. The molecule has 2 heterocycles. The fourth-order valence-electron chi connectivity index (χ4n) is 1.44. The van der Waals surface area contributed by atoms with Gasteiger partial charge in [0.2, 0.25) is 0 Å². The Labute approximate surface area is 90.7 Å². The number of nitrogens with one attached hydrogen (secondary N) is 1. The molecule has 0 radical (unpaired) electrons. The summed E-state index contributed by atoms with van der Waals surface area (Å²) < 4.78 is 4.98. The highest BCUT2D eigenvalue weighted by molar-refractivity contribution is 5.84. The molecule has 84 valence electrons. The third-order valence-corrected chi connectivity index (χ3v) is 2.24. The van der Waals surface area contributed by atoms with Crippen LogP contribution in [0.4, 0.5) is 5.69 Å². The predicted octanol–water partition coefficient (Wildman–Crippen LogP) is 0.394. The number of rotatable bonds is 2. The summed E-state index contributed by atoms with van der Waals surface area (Å²) in [6, 6.07) is 3.20. The normalized spacial score (nSPS) is 10.6. The zero-order chi connectivity index (χ0) is 11.7. The fourth-order valence-corrected chi connectivity index (χ4v) is 1.44. The maximum atomic E-state index is 11.4. The molecule has 0 aliphatic rings. The second-order valence-corrected chi connectivity index (χ2v) is 3.22. The second-order valence-electron chi connectivity index (χ2n) is 3.22. The van der Waals surface area contributed by atoms with Crippen molar-refractivity contribution < 1.29 is 9.52 Å². The Balaban J connectivity index is 2.84. The number of anilines is 1. The quantitative estimate of drug-likeness (QED) is 0.678. The number of pyridine rings is 1. The molecule has 4 N–H and O–H groups in total. The number of nitrogens with two attached hydrogens (primary N) is 1. The molecule has 0 saturated carbocycles. The van der Waals surface area contributed by atoms with Crippen molar-refractivity contribution in [3.63, 3.8) is 0 Å². The molecule has 0 aliphatic carbocycles. The van der Waals surface area contributed by atoms with Crippen LogP contribution < -0.4 is 16.7 Å². The van der Waals surface area contributed by atoms with Crippen molar-refractivity contribution >= 4 is 16.8 Å². The van der Waals surface area contributed by atoms with Gasteiger partial charge in [0.15, 0.2) is 22.5 Å². The lowest BCUT2D eigenvalue weighted by Crippen LogP contribution is -2.08. The molecule has 6 nitrogen and oxygen atoms in total. The molecule has 2 aromatic heterocycles. The smallest absolute Gasteiger partial charge is 0.363 e. The summed E-state index contributed by atoms with van der Waals surface area (Å²) in [5.74, 6) is -0.218. The van der Waals surface area contributed by atoms with Crippen molar-refractivity contribution in [2.75, 3.05) is 12.4 Å². The van der Waals surface area contributed by atoms with E-state index in [-0.39, 0.29) is 29.1 Å². The fraction of sp³-hybridized carbons (Fsp3) is 0.200. The number of fused-ring (bicyclic) bond motifs is 1. The van der Waals surface area contributed by atoms with Crippen LogP contribution in [0.25, 0.3) is 11.1 Å². The molecule has 0 aromatic carbocycles. The van der Waals surface area contributed by atoms with Crippen LogP contribution in [-0.4, -0.2) is 17.1 Å². The second kappa shape index (κ2) is 3.82. The van der Waals surface area contributed by atoms with Crippen molar-refractivity contribution in [1.82, 2.24) is 4.98 Å². The number of hydrogen-bond donors (Lipinski definition) is 3. The van der Waals surface area contributed by atoms with E-state index in [2.05, 4.69) is 10.3 Å². The van der Waals surface area contributed by atoms with Crippen molar-refractivity contribution in [3.05, 3.63) is 28.2 Å². The Morgan fingerprint density at radius 2 is 2.31 bits per heavy atom. The van der Waals surface area contributed by atoms with Crippen LogP contribution in [0.15, 0.2) is 21.3 Å². The lowest BCUT2D eigenvalue weighted by Gasteiger charge is -2.05. The van der Waals surface area contributed by atoms with Crippen LogP contribution in [0.2, 0.25) is 0 Å². The van der Waals surface area contributed by atoms with E-state index in [4.69, 9.17) is 10.2 Å². The molecule has 0 unspecified atom stereocenters. The first kappa shape index (κ1) is 10.4. The van der Waals surface area contributed by atoms with Crippen LogP contribution in [0.1, 0.15) is 5.69 Å². The molecular weight excluding hydrogens is 210 g/mol. The molecule has 6 heteroatoms. The van der Waals surface area contributed by atoms with Crippen molar-refractivity contribution in [1.29, 1.82) is 0 Å². The van der Waals surface area contributed by atoms with Gasteiger partial charge in [0.1, 0.15) is 0 Å². The molecule has 0 spiro atoms. The molecular formula is C10H11N3O3. The minimum absolute atomic E-state index is 0.00540. The Morgan fingerprint density at radius 3 is 2.94 bits per heavy atom. The highest BCUT2D eigenvalue weighted by Crippen LogP contribution is 2.27. The van der Waals surface area contributed by atoms with Gasteiger partial charge in [-0.15, -0.1) is 0 Å². The molecule has 0 atom stereocenters. The summed E-state index contributed by atoms with van der Waals surface area (Å²) in [6.45, 7) is 0.253. The highest BCUT2D eigenvalue weighted by Gasteiger charge is 2.13. The summed E-state index contributed by atoms with van der Waals surface area (Å²) in [5.41, 5.74) is 5.88. The Hall–Kier alpha value is -2.08. The van der Waals surface area contributed by atoms with E-state index in [1.807, 2.05) is 0 Å². The molecule has 2 rings (SSSR count). The first-order valence-corrected chi connectivity index (χ1v) is 4.71. The van der Waals surface area contributed by atoms with Gasteiger partial charge in [-0.2, -0.15) is 0 Å². The van der Waals surface area contributed by atoms with E-state index < -0.39 is 5.63 Å². The average molecular weight is 221 g/mol. The third-order valence-electron chi connectivity index (χ3n) is 2.24. The van der Waals surface area contributed by atoms with Gasteiger partial charge in [-0.25, -0.2) is 9.78 Å². The first-order valence-electron chi connectivity index (χ1n) is 4.71. The van der Waals surface area contributed by atoms with E-state index in [0.717, 1.165) is 0 Å². The minimum Gasteiger partial charge on any atom is -0.504 e. The van der Waals surface area contributed by atoms with E-state index in [1.54, 1.807) is 12.1 Å². The van der Waals surface area contributed by atoms with Gasteiger partial charge in [0, 0.05) is 13.6 Å². The molecule has 0 saturated heterocycles. The Bertz CT molecular complexity index is 592. The van der Waals surface area contributed by atoms with Gasteiger partial charge in [-0.1, -0.05) is 0 Å². The molecule has 0 fully saturated rings. The summed E-state index contributed by atoms with van der Waals surface area (Å²) in [5, 5.41) is 12.4. The van der Waals surface area contributed by atoms with Crippen LogP contribution in [0.3, 0.4) is 0 Å². The maximum absolute atomic E-state index is 11.4. The van der Waals surface area contributed by atoms with Gasteiger partial charge in [0.05, 0.1) is 5.69 Å². The van der Waals surface area contributed by atoms with Gasteiger partial charge in [-0.3, -0.25) is 0 Å². The van der Waals surface area contributed by atoms with E-state index in [0.29, 0.717) is 5.69 Å². The van der Waals surface area contributed by atoms with Crippen molar-refractivity contribution in [2.24, 2.45) is 5.73 Å². The molecule has 16 heavy (non-hydrogen) atoms. The average Bonchev–Trinajstić information content (AvgIpc) is 2.29.